The summed E-state index contributed by atoms with van der Waals surface area (Å²) in [5.41, 5.74) is 0.510. The molecule has 120 valence electrons. The summed E-state index contributed by atoms with van der Waals surface area (Å²) in [6.07, 6.45) is 6.95. The molecule has 0 aromatic heterocycles. The summed E-state index contributed by atoms with van der Waals surface area (Å²) in [4.78, 5) is 0. The van der Waals surface area contributed by atoms with E-state index in [4.69, 9.17) is 4.74 Å². The van der Waals surface area contributed by atoms with Gasteiger partial charge in [-0.25, -0.2) is 0 Å². The number of nitrogens with one attached hydrogen (secondary N) is 1. The van der Waals surface area contributed by atoms with Crippen molar-refractivity contribution in [1.29, 1.82) is 0 Å². The summed E-state index contributed by atoms with van der Waals surface area (Å²) in [5, 5.41) is 13.4. The first-order chi connectivity index (χ1) is 9.39. The van der Waals surface area contributed by atoms with Crippen LogP contribution in [0.3, 0.4) is 0 Å². The Labute approximate surface area is 125 Å². The fraction of sp³-hybridized carbons (Fsp3) is 1.00. The van der Waals surface area contributed by atoms with E-state index in [1.54, 1.807) is 0 Å². The van der Waals surface area contributed by atoms with Gasteiger partial charge in [-0.05, 0) is 49.9 Å². The Morgan fingerprint density at radius 2 is 1.90 bits per heavy atom. The summed E-state index contributed by atoms with van der Waals surface area (Å²) in [5.74, 6) is 0.737. The first-order valence-corrected chi connectivity index (χ1v) is 8.38. The van der Waals surface area contributed by atoms with Gasteiger partial charge in [0.2, 0.25) is 0 Å². The maximum atomic E-state index is 9.90. The van der Waals surface area contributed by atoms with Gasteiger partial charge in [-0.2, -0.15) is 0 Å². The molecule has 0 aromatic carbocycles. The van der Waals surface area contributed by atoms with Gasteiger partial charge in [0.15, 0.2) is 0 Å². The Morgan fingerprint density at radius 1 is 1.25 bits per heavy atom. The van der Waals surface area contributed by atoms with E-state index in [9.17, 15) is 5.11 Å². The molecular formula is C17H35NO2. The van der Waals surface area contributed by atoms with Crippen LogP contribution in [0.2, 0.25) is 0 Å². The number of hydrogen-bond acceptors (Lipinski definition) is 3. The van der Waals surface area contributed by atoms with Crippen LogP contribution in [-0.4, -0.2) is 37.0 Å². The van der Waals surface area contributed by atoms with E-state index >= 15 is 0 Å². The summed E-state index contributed by atoms with van der Waals surface area (Å²) in [6, 6.07) is 0.582. The van der Waals surface area contributed by atoms with Crippen molar-refractivity contribution in [2.24, 2.45) is 11.3 Å². The number of rotatable bonds is 9. The van der Waals surface area contributed by atoms with Crippen molar-refractivity contribution < 1.29 is 9.84 Å². The third-order valence-corrected chi connectivity index (χ3v) is 4.36. The second kappa shape index (κ2) is 9.01. The molecule has 0 bridgehead atoms. The van der Waals surface area contributed by atoms with E-state index in [-0.39, 0.29) is 6.10 Å². The van der Waals surface area contributed by atoms with Gasteiger partial charge < -0.3 is 15.2 Å². The lowest BCUT2D eigenvalue weighted by Gasteiger charge is -2.35. The zero-order valence-corrected chi connectivity index (χ0v) is 14.0. The fourth-order valence-electron chi connectivity index (χ4n) is 2.78. The van der Waals surface area contributed by atoms with E-state index in [0.717, 1.165) is 18.9 Å². The second-order valence-electron chi connectivity index (χ2n) is 7.61. The van der Waals surface area contributed by atoms with Gasteiger partial charge in [0, 0.05) is 19.2 Å². The lowest BCUT2D eigenvalue weighted by atomic mass is 9.75. The zero-order valence-electron chi connectivity index (χ0n) is 14.0. The van der Waals surface area contributed by atoms with Crippen LogP contribution in [-0.2, 0) is 4.74 Å². The smallest absolute Gasteiger partial charge is 0.0897 e. The first-order valence-electron chi connectivity index (χ1n) is 8.38. The molecule has 1 saturated carbocycles. The Hall–Kier alpha value is -0.120. The first kappa shape index (κ1) is 17.9. The van der Waals surface area contributed by atoms with Gasteiger partial charge in [0.25, 0.3) is 0 Å². The molecule has 0 radical (unpaired) electrons. The molecule has 1 aliphatic rings. The quantitative estimate of drug-likeness (QED) is 0.638. The molecule has 1 aliphatic carbocycles. The summed E-state index contributed by atoms with van der Waals surface area (Å²) in [6.45, 7) is 11.0. The molecule has 20 heavy (non-hydrogen) atoms. The predicted molar refractivity (Wildman–Crippen MR) is 84.9 cm³/mol. The highest BCUT2D eigenvalue weighted by Crippen LogP contribution is 2.34. The minimum atomic E-state index is -0.371. The maximum absolute atomic E-state index is 9.90. The van der Waals surface area contributed by atoms with E-state index in [0.29, 0.717) is 24.6 Å². The van der Waals surface area contributed by atoms with Gasteiger partial charge >= 0.3 is 0 Å². The standard InChI is InChI=1S/C17H35NO2/c1-14(2)6-5-11-20-13-16(19)12-18-15-7-9-17(3,4)10-8-15/h14-16,18-19H,5-13H2,1-4H3. The molecular weight excluding hydrogens is 250 g/mol. The van der Waals surface area contributed by atoms with Crippen LogP contribution in [0, 0.1) is 11.3 Å². The molecule has 0 heterocycles. The van der Waals surface area contributed by atoms with Crippen molar-refractivity contribution in [3.63, 3.8) is 0 Å². The van der Waals surface area contributed by atoms with Crippen molar-refractivity contribution >= 4 is 0 Å². The molecule has 2 N–H and O–H groups in total. The molecule has 3 heteroatoms. The largest absolute Gasteiger partial charge is 0.389 e. The third kappa shape index (κ3) is 8.23. The average molecular weight is 285 g/mol. The number of hydrogen-bond donors (Lipinski definition) is 2. The number of aliphatic hydroxyl groups is 1. The molecule has 1 rings (SSSR count). The Bertz CT molecular complexity index is 243. The van der Waals surface area contributed by atoms with E-state index in [1.807, 2.05) is 0 Å². The highest BCUT2D eigenvalue weighted by atomic mass is 16.5. The predicted octanol–water partition coefficient (Wildman–Crippen LogP) is 3.36. The highest BCUT2D eigenvalue weighted by Gasteiger charge is 2.26. The molecule has 0 saturated heterocycles. The van der Waals surface area contributed by atoms with Crippen LogP contribution in [0.1, 0.15) is 66.2 Å². The molecule has 3 nitrogen and oxygen atoms in total. The molecule has 1 fully saturated rings. The summed E-state index contributed by atoms with van der Waals surface area (Å²) >= 11 is 0. The summed E-state index contributed by atoms with van der Waals surface area (Å²) in [7, 11) is 0. The zero-order chi connectivity index (χ0) is 15.0. The number of aliphatic hydroxyl groups excluding tert-OH is 1. The molecule has 0 amide bonds. The monoisotopic (exact) mass is 285 g/mol. The normalized spacial score (nSPS) is 21.3. The topological polar surface area (TPSA) is 41.5 Å². The van der Waals surface area contributed by atoms with Crippen molar-refractivity contribution in [2.75, 3.05) is 19.8 Å². The second-order valence-corrected chi connectivity index (χ2v) is 7.61. The van der Waals surface area contributed by atoms with Gasteiger partial charge in [0.05, 0.1) is 12.7 Å². The lowest BCUT2D eigenvalue weighted by molar-refractivity contribution is 0.0320. The molecule has 0 spiro atoms. The van der Waals surface area contributed by atoms with Crippen LogP contribution in [0.15, 0.2) is 0 Å². The SMILES string of the molecule is CC(C)CCCOCC(O)CNC1CCC(C)(C)CC1. The van der Waals surface area contributed by atoms with Crippen LogP contribution in [0.4, 0.5) is 0 Å². The van der Waals surface area contributed by atoms with Crippen molar-refractivity contribution in [3.8, 4) is 0 Å². The van der Waals surface area contributed by atoms with Crippen molar-refractivity contribution in [2.45, 2.75) is 78.4 Å². The van der Waals surface area contributed by atoms with Crippen molar-refractivity contribution in [3.05, 3.63) is 0 Å². The van der Waals surface area contributed by atoms with Gasteiger partial charge in [-0.1, -0.05) is 27.7 Å². The lowest BCUT2D eigenvalue weighted by Crippen LogP contribution is -2.40. The minimum absolute atomic E-state index is 0.371. The fourth-order valence-corrected chi connectivity index (χ4v) is 2.78. The molecule has 1 atom stereocenters. The molecule has 0 aromatic rings. The minimum Gasteiger partial charge on any atom is -0.389 e. The molecule has 0 aliphatic heterocycles. The van der Waals surface area contributed by atoms with Crippen LogP contribution in [0.5, 0.6) is 0 Å². The van der Waals surface area contributed by atoms with Gasteiger partial charge in [-0.3, -0.25) is 0 Å². The van der Waals surface area contributed by atoms with Crippen LogP contribution < -0.4 is 5.32 Å². The summed E-state index contributed by atoms with van der Waals surface area (Å²) < 4.78 is 5.53. The maximum Gasteiger partial charge on any atom is 0.0897 e. The Kier molecular flexibility index (Phi) is 8.08. The molecule has 1 unspecified atom stereocenters. The highest BCUT2D eigenvalue weighted by molar-refractivity contribution is 4.82. The number of ether oxygens (including phenoxy) is 1. The average Bonchev–Trinajstić information content (AvgIpc) is 2.36. The van der Waals surface area contributed by atoms with E-state index < -0.39 is 0 Å². The van der Waals surface area contributed by atoms with E-state index in [1.165, 1.54) is 32.1 Å². The third-order valence-electron chi connectivity index (χ3n) is 4.36. The van der Waals surface area contributed by atoms with Gasteiger partial charge in [-0.15, -0.1) is 0 Å². The van der Waals surface area contributed by atoms with E-state index in [2.05, 4.69) is 33.0 Å². The van der Waals surface area contributed by atoms with Gasteiger partial charge in [0.1, 0.15) is 0 Å². The Morgan fingerprint density at radius 3 is 2.50 bits per heavy atom. The van der Waals surface area contributed by atoms with Crippen LogP contribution in [0.25, 0.3) is 0 Å². The van der Waals surface area contributed by atoms with Crippen LogP contribution >= 0.6 is 0 Å². The Balaban J connectivity index is 1.99. The van der Waals surface area contributed by atoms with Crippen molar-refractivity contribution in [1.82, 2.24) is 5.32 Å².